The number of alkyl halides is 1. The summed E-state index contributed by atoms with van der Waals surface area (Å²) in [6.07, 6.45) is 4.71. The molecule has 0 saturated carbocycles. The zero-order valence-electron chi connectivity index (χ0n) is 10.1. The molecule has 0 amide bonds. The summed E-state index contributed by atoms with van der Waals surface area (Å²) in [5, 5.41) is 0. The number of hydrogen-bond acceptors (Lipinski definition) is 3. The Balaban J connectivity index is 1.83. The van der Waals surface area contributed by atoms with Gasteiger partial charge in [0.15, 0.2) is 0 Å². The Morgan fingerprint density at radius 3 is 2.82 bits per heavy atom. The molecule has 17 heavy (non-hydrogen) atoms. The predicted octanol–water partition coefficient (Wildman–Crippen LogP) is 1.16. The van der Waals surface area contributed by atoms with Crippen LogP contribution < -0.4 is 4.72 Å². The van der Waals surface area contributed by atoms with Crippen molar-refractivity contribution in [1.82, 2.24) is 9.62 Å². The molecule has 100 valence electrons. The Kier molecular flexibility index (Phi) is 4.69. The van der Waals surface area contributed by atoms with E-state index < -0.39 is 10.0 Å². The maximum absolute atomic E-state index is 11.9. The molecule has 2 rings (SSSR count). The monoisotopic (exact) mass is 280 g/mol. The molecule has 0 aromatic rings. The summed E-state index contributed by atoms with van der Waals surface area (Å²) in [6.45, 7) is 2.18. The number of nitrogens with zero attached hydrogens (tertiary/aromatic N) is 1. The molecule has 0 bridgehead atoms. The molecule has 0 aromatic carbocycles. The molecule has 0 aliphatic carbocycles. The van der Waals surface area contributed by atoms with Crippen molar-refractivity contribution in [2.45, 2.75) is 44.2 Å². The van der Waals surface area contributed by atoms with Gasteiger partial charge in [-0.2, -0.15) is 0 Å². The average molecular weight is 281 g/mol. The fourth-order valence-corrected chi connectivity index (χ4v) is 4.52. The number of unbranched alkanes of at least 4 members (excludes halogenated alkanes) is 1. The van der Waals surface area contributed by atoms with Crippen LogP contribution in [0.1, 0.15) is 32.1 Å². The Morgan fingerprint density at radius 2 is 2.06 bits per heavy atom. The van der Waals surface area contributed by atoms with Crippen molar-refractivity contribution >= 4 is 21.6 Å². The SMILES string of the molecule is O=S(=O)(CCCCCl)NC1CCN2CCCC12. The van der Waals surface area contributed by atoms with Gasteiger partial charge in [0.25, 0.3) is 0 Å². The van der Waals surface area contributed by atoms with Crippen molar-refractivity contribution in [2.24, 2.45) is 0 Å². The molecule has 1 N–H and O–H groups in total. The van der Waals surface area contributed by atoms with Crippen LogP contribution in [0.15, 0.2) is 0 Å². The Morgan fingerprint density at radius 1 is 1.24 bits per heavy atom. The summed E-state index contributed by atoms with van der Waals surface area (Å²) in [7, 11) is -3.11. The lowest BCUT2D eigenvalue weighted by atomic mass is 10.1. The molecule has 2 atom stereocenters. The van der Waals surface area contributed by atoms with Gasteiger partial charge in [-0.3, -0.25) is 4.90 Å². The lowest BCUT2D eigenvalue weighted by Gasteiger charge is -2.21. The van der Waals surface area contributed by atoms with Gasteiger partial charge in [0.05, 0.1) is 5.75 Å². The smallest absolute Gasteiger partial charge is 0.211 e. The fourth-order valence-electron chi connectivity index (χ4n) is 2.90. The molecule has 2 aliphatic rings. The quantitative estimate of drug-likeness (QED) is 0.587. The highest BCUT2D eigenvalue weighted by Crippen LogP contribution is 2.28. The van der Waals surface area contributed by atoms with Gasteiger partial charge in [0.2, 0.25) is 10.0 Å². The van der Waals surface area contributed by atoms with Crippen LogP contribution in [0.4, 0.5) is 0 Å². The zero-order valence-corrected chi connectivity index (χ0v) is 11.6. The second-order valence-corrected chi connectivity index (χ2v) is 7.22. The first kappa shape index (κ1) is 13.6. The van der Waals surface area contributed by atoms with E-state index in [1.54, 1.807) is 0 Å². The summed E-state index contributed by atoms with van der Waals surface area (Å²) in [6, 6.07) is 0.580. The largest absolute Gasteiger partial charge is 0.299 e. The maximum Gasteiger partial charge on any atom is 0.211 e. The Bertz CT molecular complexity index is 347. The molecular formula is C11H21ClN2O2S. The zero-order chi connectivity index (χ0) is 12.3. The van der Waals surface area contributed by atoms with Crippen LogP contribution in [-0.2, 0) is 10.0 Å². The van der Waals surface area contributed by atoms with Crippen molar-refractivity contribution in [2.75, 3.05) is 24.7 Å². The lowest BCUT2D eigenvalue weighted by Crippen LogP contribution is -2.43. The van der Waals surface area contributed by atoms with Crippen LogP contribution >= 0.6 is 11.6 Å². The number of sulfonamides is 1. The molecule has 0 radical (unpaired) electrons. The molecule has 2 fully saturated rings. The molecule has 2 aliphatic heterocycles. The highest BCUT2D eigenvalue weighted by Gasteiger charge is 2.38. The van der Waals surface area contributed by atoms with Gasteiger partial charge in [-0.25, -0.2) is 13.1 Å². The molecular weight excluding hydrogens is 260 g/mol. The number of halogens is 1. The summed E-state index contributed by atoms with van der Waals surface area (Å²) < 4.78 is 26.6. The Hall–Kier alpha value is 0.160. The van der Waals surface area contributed by atoms with Gasteiger partial charge in [0, 0.05) is 24.5 Å². The predicted molar refractivity (Wildman–Crippen MR) is 69.9 cm³/mol. The highest BCUT2D eigenvalue weighted by atomic mass is 35.5. The van der Waals surface area contributed by atoms with Gasteiger partial charge >= 0.3 is 0 Å². The van der Waals surface area contributed by atoms with Crippen molar-refractivity contribution in [1.29, 1.82) is 0 Å². The van der Waals surface area contributed by atoms with Crippen LogP contribution in [0, 0.1) is 0 Å². The maximum atomic E-state index is 11.9. The second-order valence-electron chi connectivity index (χ2n) is 4.97. The molecule has 2 unspecified atom stereocenters. The normalized spacial score (nSPS) is 29.7. The third-order valence-corrected chi connectivity index (χ3v) is 5.49. The first-order valence-corrected chi connectivity index (χ1v) is 8.61. The lowest BCUT2D eigenvalue weighted by molar-refractivity contribution is 0.309. The van der Waals surface area contributed by atoms with Gasteiger partial charge in [-0.15, -0.1) is 11.6 Å². The van der Waals surface area contributed by atoms with Crippen molar-refractivity contribution in [3.63, 3.8) is 0 Å². The third-order valence-electron chi connectivity index (χ3n) is 3.73. The first-order chi connectivity index (χ1) is 8.12. The summed E-state index contributed by atoms with van der Waals surface area (Å²) in [5.41, 5.74) is 0. The van der Waals surface area contributed by atoms with Gasteiger partial charge in [0.1, 0.15) is 0 Å². The van der Waals surface area contributed by atoms with Gasteiger partial charge in [-0.1, -0.05) is 0 Å². The van der Waals surface area contributed by atoms with Crippen LogP contribution in [0.25, 0.3) is 0 Å². The highest BCUT2D eigenvalue weighted by molar-refractivity contribution is 7.89. The molecule has 2 heterocycles. The molecule has 0 spiro atoms. The van der Waals surface area contributed by atoms with Crippen molar-refractivity contribution in [3.8, 4) is 0 Å². The fraction of sp³-hybridized carbons (Fsp3) is 1.00. The van der Waals surface area contributed by atoms with E-state index in [1.807, 2.05) is 0 Å². The Labute approximate surface area is 109 Å². The van der Waals surface area contributed by atoms with Crippen LogP contribution in [0.3, 0.4) is 0 Å². The molecule has 2 saturated heterocycles. The number of nitrogens with one attached hydrogen (secondary N) is 1. The van der Waals surface area contributed by atoms with Crippen LogP contribution in [-0.4, -0.2) is 50.1 Å². The van der Waals surface area contributed by atoms with Gasteiger partial charge in [-0.05, 0) is 38.6 Å². The van der Waals surface area contributed by atoms with E-state index in [0.717, 1.165) is 32.4 Å². The van der Waals surface area contributed by atoms with Crippen molar-refractivity contribution in [3.05, 3.63) is 0 Å². The second kappa shape index (κ2) is 5.87. The van der Waals surface area contributed by atoms with E-state index in [2.05, 4.69) is 9.62 Å². The van der Waals surface area contributed by atoms with E-state index >= 15 is 0 Å². The van der Waals surface area contributed by atoms with E-state index in [4.69, 9.17) is 11.6 Å². The first-order valence-electron chi connectivity index (χ1n) is 6.42. The number of rotatable bonds is 6. The van der Waals surface area contributed by atoms with E-state index in [1.165, 1.54) is 6.42 Å². The average Bonchev–Trinajstić information content (AvgIpc) is 2.83. The topological polar surface area (TPSA) is 49.4 Å². The minimum Gasteiger partial charge on any atom is -0.299 e. The molecule has 4 nitrogen and oxygen atoms in total. The van der Waals surface area contributed by atoms with E-state index in [9.17, 15) is 8.42 Å². The van der Waals surface area contributed by atoms with E-state index in [0.29, 0.717) is 18.3 Å². The number of hydrogen-bond donors (Lipinski definition) is 1. The standard InChI is InChI=1S/C11H21ClN2O2S/c12-6-1-2-9-17(15,16)13-10-5-8-14-7-3-4-11(10)14/h10-11,13H,1-9H2. The minimum absolute atomic E-state index is 0.138. The summed E-state index contributed by atoms with van der Waals surface area (Å²) in [4.78, 5) is 2.41. The molecule has 6 heteroatoms. The third kappa shape index (κ3) is 3.56. The summed E-state index contributed by atoms with van der Waals surface area (Å²) in [5.74, 6) is 0.748. The summed E-state index contributed by atoms with van der Waals surface area (Å²) >= 11 is 5.55. The van der Waals surface area contributed by atoms with Crippen LogP contribution in [0.2, 0.25) is 0 Å². The number of fused-ring (bicyclic) bond motifs is 1. The van der Waals surface area contributed by atoms with Crippen molar-refractivity contribution < 1.29 is 8.42 Å². The minimum atomic E-state index is -3.11. The van der Waals surface area contributed by atoms with Crippen LogP contribution in [0.5, 0.6) is 0 Å². The van der Waals surface area contributed by atoms with Gasteiger partial charge < -0.3 is 0 Å². The molecule has 0 aromatic heterocycles. The van der Waals surface area contributed by atoms with E-state index in [-0.39, 0.29) is 11.8 Å².